The number of aromatic amines is 1. The first-order valence-electron chi connectivity index (χ1n) is 8.12. The van der Waals surface area contributed by atoms with Gasteiger partial charge in [0.2, 0.25) is 5.89 Å². The number of aryl methyl sites for hydroxylation is 1. The van der Waals surface area contributed by atoms with Crippen LogP contribution in [0.15, 0.2) is 4.52 Å². The van der Waals surface area contributed by atoms with Crippen molar-refractivity contribution >= 4 is 5.91 Å². The lowest BCUT2D eigenvalue weighted by Crippen LogP contribution is -2.27. The molecule has 0 bridgehead atoms. The van der Waals surface area contributed by atoms with Crippen molar-refractivity contribution in [2.75, 3.05) is 6.54 Å². The molecule has 0 fully saturated rings. The number of fused-ring (bicyclic) bond motifs is 1. The normalized spacial score (nSPS) is 14.6. The highest BCUT2D eigenvalue weighted by molar-refractivity contribution is 5.94. The maximum atomic E-state index is 12.3. The smallest absolute Gasteiger partial charge is 0.272 e. The molecule has 0 aliphatic heterocycles. The van der Waals surface area contributed by atoms with Crippen LogP contribution < -0.4 is 5.32 Å². The second-order valence-corrected chi connectivity index (χ2v) is 7.01. The Hall–Kier alpha value is -2.18. The van der Waals surface area contributed by atoms with Gasteiger partial charge >= 0.3 is 0 Å². The minimum atomic E-state index is -0.164. The molecule has 2 aromatic heterocycles. The number of carbonyl (C=O) groups excluding carboxylic acids is 1. The zero-order valence-corrected chi connectivity index (χ0v) is 13.9. The van der Waals surface area contributed by atoms with Gasteiger partial charge in [0.15, 0.2) is 11.5 Å². The maximum Gasteiger partial charge on any atom is 0.272 e. The summed E-state index contributed by atoms with van der Waals surface area (Å²) in [4.78, 5) is 16.6. The van der Waals surface area contributed by atoms with Crippen LogP contribution in [0.2, 0.25) is 0 Å². The zero-order chi connectivity index (χ0) is 16.4. The van der Waals surface area contributed by atoms with Gasteiger partial charge in [-0.1, -0.05) is 25.9 Å². The molecule has 1 amide bonds. The van der Waals surface area contributed by atoms with E-state index >= 15 is 0 Å². The first kappa shape index (κ1) is 15.7. The van der Waals surface area contributed by atoms with Crippen molar-refractivity contribution in [1.82, 2.24) is 25.7 Å². The predicted octanol–water partition coefficient (Wildman–Crippen LogP) is 1.94. The topological polar surface area (TPSA) is 96.7 Å². The van der Waals surface area contributed by atoms with E-state index in [2.05, 4.69) is 25.7 Å². The second-order valence-electron chi connectivity index (χ2n) is 7.01. The van der Waals surface area contributed by atoms with Gasteiger partial charge in [0.1, 0.15) is 0 Å². The maximum absolute atomic E-state index is 12.3. The third-order valence-corrected chi connectivity index (χ3v) is 4.02. The molecule has 124 valence electrons. The van der Waals surface area contributed by atoms with E-state index in [-0.39, 0.29) is 11.3 Å². The minimum Gasteiger partial charge on any atom is -0.350 e. The van der Waals surface area contributed by atoms with E-state index < -0.39 is 0 Å². The summed E-state index contributed by atoms with van der Waals surface area (Å²) in [7, 11) is 0. The number of amides is 1. The Kier molecular flexibility index (Phi) is 4.19. The fraction of sp³-hybridized carbons (Fsp3) is 0.625. The number of aromatic nitrogens is 4. The molecule has 23 heavy (non-hydrogen) atoms. The van der Waals surface area contributed by atoms with Gasteiger partial charge in [0, 0.05) is 29.6 Å². The number of hydrogen-bond acceptors (Lipinski definition) is 5. The molecule has 3 rings (SSSR count). The molecule has 0 saturated carbocycles. The van der Waals surface area contributed by atoms with E-state index in [0.717, 1.165) is 36.9 Å². The number of nitrogens with one attached hydrogen (secondary N) is 2. The van der Waals surface area contributed by atoms with Crippen LogP contribution in [0.3, 0.4) is 0 Å². The highest BCUT2D eigenvalue weighted by atomic mass is 16.5. The lowest BCUT2D eigenvalue weighted by molar-refractivity contribution is 0.0948. The molecule has 2 N–H and O–H groups in total. The van der Waals surface area contributed by atoms with Gasteiger partial charge in [-0.25, -0.2) is 0 Å². The van der Waals surface area contributed by atoms with Gasteiger partial charge in [-0.2, -0.15) is 10.1 Å². The van der Waals surface area contributed by atoms with E-state index in [1.807, 2.05) is 20.8 Å². The van der Waals surface area contributed by atoms with Crippen LogP contribution in [0.4, 0.5) is 0 Å². The predicted molar refractivity (Wildman–Crippen MR) is 84.3 cm³/mol. The van der Waals surface area contributed by atoms with Gasteiger partial charge in [0.05, 0.1) is 0 Å². The Morgan fingerprint density at radius 1 is 1.30 bits per heavy atom. The van der Waals surface area contributed by atoms with Crippen molar-refractivity contribution in [2.45, 2.75) is 58.3 Å². The van der Waals surface area contributed by atoms with Gasteiger partial charge in [0.25, 0.3) is 5.91 Å². The lowest BCUT2D eigenvalue weighted by Gasteiger charge is -2.11. The third kappa shape index (κ3) is 3.43. The quantitative estimate of drug-likeness (QED) is 0.898. The molecular formula is C16H23N5O2. The average molecular weight is 317 g/mol. The van der Waals surface area contributed by atoms with Gasteiger partial charge < -0.3 is 9.84 Å². The first-order chi connectivity index (χ1) is 10.9. The Morgan fingerprint density at radius 3 is 2.83 bits per heavy atom. The zero-order valence-electron chi connectivity index (χ0n) is 13.9. The molecule has 0 unspecified atom stereocenters. The van der Waals surface area contributed by atoms with E-state index in [4.69, 9.17) is 4.52 Å². The van der Waals surface area contributed by atoms with Crippen LogP contribution in [0.25, 0.3) is 0 Å². The van der Waals surface area contributed by atoms with Crippen LogP contribution in [0.1, 0.15) is 67.1 Å². The first-order valence-corrected chi connectivity index (χ1v) is 8.12. The highest BCUT2D eigenvalue weighted by Crippen LogP contribution is 2.22. The van der Waals surface area contributed by atoms with Crippen LogP contribution in [0.5, 0.6) is 0 Å². The molecule has 0 radical (unpaired) electrons. The van der Waals surface area contributed by atoms with Crippen molar-refractivity contribution < 1.29 is 9.32 Å². The van der Waals surface area contributed by atoms with Gasteiger partial charge in [-0.3, -0.25) is 9.89 Å². The fourth-order valence-corrected chi connectivity index (χ4v) is 2.70. The summed E-state index contributed by atoms with van der Waals surface area (Å²) >= 11 is 0. The number of H-pyrrole nitrogens is 1. The number of carbonyl (C=O) groups is 1. The summed E-state index contributed by atoms with van der Waals surface area (Å²) in [6.07, 6.45) is 4.72. The van der Waals surface area contributed by atoms with E-state index in [1.54, 1.807) is 0 Å². The summed E-state index contributed by atoms with van der Waals surface area (Å²) in [6, 6.07) is 0. The largest absolute Gasteiger partial charge is 0.350 e. The molecule has 1 aliphatic carbocycles. The fourth-order valence-electron chi connectivity index (χ4n) is 2.70. The Balaban J connectivity index is 1.55. The van der Waals surface area contributed by atoms with E-state index in [9.17, 15) is 4.79 Å². The molecule has 0 atom stereocenters. The number of hydrogen-bond donors (Lipinski definition) is 2. The molecule has 0 saturated heterocycles. The summed E-state index contributed by atoms with van der Waals surface area (Å²) in [5.74, 6) is 1.09. The van der Waals surface area contributed by atoms with Crippen LogP contribution in [0, 0.1) is 0 Å². The third-order valence-electron chi connectivity index (χ3n) is 4.02. The van der Waals surface area contributed by atoms with Crippen molar-refractivity contribution in [3.63, 3.8) is 0 Å². The summed E-state index contributed by atoms with van der Waals surface area (Å²) in [6.45, 7) is 6.52. The average Bonchev–Trinajstić information content (AvgIpc) is 3.13. The Morgan fingerprint density at radius 2 is 2.09 bits per heavy atom. The monoisotopic (exact) mass is 317 g/mol. The minimum absolute atomic E-state index is 0.135. The molecule has 7 heteroatoms. The van der Waals surface area contributed by atoms with Crippen molar-refractivity contribution in [3.8, 4) is 0 Å². The van der Waals surface area contributed by atoms with E-state index in [1.165, 1.54) is 0 Å². The van der Waals surface area contributed by atoms with E-state index in [0.29, 0.717) is 30.4 Å². The van der Waals surface area contributed by atoms with Crippen LogP contribution in [-0.4, -0.2) is 32.8 Å². The van der Waals surface area contributed by atoms with Crippen molar-refractivity contribution in [3.05, 3.63) is 28.7 Å². The Bertz CT molecular complexity index is 696. The summed E-state index contributed by atoms with van der Waals surface area (Å²) in [5, 5.41) is 14.0. The standard InChI is InChI=1S/C16H23N5O2/c1-16(2,3)15-18-12(21-23-15)8-9-17-14(22)13-10-6-4-5-7-11(10)19-20-13/h4-9H2,1-3H3,(H,17,22)(H,19,20). The van der Waals surface area contributed by atoms with Gasteiger partial charge in [-0.15, -0.1) is 0 Å². The number of nitrogens with zero attached hydrogens (tertiary/aromatic N) is 3. The molecule has 7 nitrogen and oxygen atoms in total. The van der Waals surface area contributed by atoms with Crippen LogP contribution in [-0.2, 0) is 24.7 Å². The van der Waals surface area contributed by atoms with Gasteiger partial charge in [-0.05, 0) is 25.7 Å². The molecule has 2 aromatic rings. The molecule has 0 aromatic carbocycles. The lowest BCUT2D eigenvalue weighted by atomic mass is 9.96. The van der Waals surface area contributed by atoms with Crippen molar-refractivity contribution in [2.24, 2.45) is 0 Å². The second kappa shape index (κ2) is 6.14. The number of rotatable bonds is 4. The summed E-state index contributed by atoms with van der Waals surface area (Å²) < 4.78 is 5.24. The Labute approximate surface area is 135 Å². The van der Waals surface area contributed by atoms with Crippen molar-refractivity contribution in [1.29, 1.82) is 0 Å². The van der Waals surface area contributed by atoms with Crippen LogP contribution >= 0.6 is 0 Å². The SMILES string of the molecule is CC(C)(C)c1nc(CCNC(=O)c2n[nH]c3c2CCCC3)no1. The molecule has 1 aliphatic rings. The molecular weight excluding hydrogens is 294 g/mol. The summed E-state index contributed by atoms with van der Waals surface area (Å²) in [5.41, 5.74) is 2.55. The molecule has 2 heterocycles. The molecule has 0 spiro atoms. The highest BCUT2D eigenvalue weighted by Gasteiger charge is 2.23.